The van der Waals surface area contributed by atoms with Crippen molar-refractivity contribution in [2.75, 3.05) is 0 Å². The van der Waals surface area contributed by atoms with E-state index in [0.29, 0.717) is 26.0 Å². The molecule has 0 N–H and O–H groups in total. The largest absolute Gasteiger partial charge is 0.247 e. The molecular formula is C10H3Cl6N. The van der Waals surface area contributed by atoms with E-state index in [2.05, 4.69) is 4.98 Å². The molecule has 0 saturated carbocycles. The van der Waals surface area contributed by atoms with Crippen molar-refractivity contribution in [2.45, 2.75) is 3.79 Å². The van der Waals surface area contributed by atoms with Crippen molar-refractivity contribution in [3.05, 3.63) is 39.0 Å². The summed E-state index contributed by atoms with van der Waals surface area (Å²) in [7, 11) is 0. The Morgan fingerprint density at radius 3 is 2.12 bits per heavy atom. The van der Waals surface area contributed by atoms with Crippen molar-refractivity contribution in [1.29, 1.82) is 0 Å². The Morgan fingerprint density at radius 2 is 1.53 bits per heavy atom. The van der Waals surface area contributed by atoms with Gasteiger partial charge in [-0.1, -0.05) is 69.6 Å². The number of alkyl halides is 3. The molecule has 0 amide bonds. The number of rotatable bonds is 0. The van der Waals surface area contributed by atoms with E-state index < -0.39 is 3.79 Å². The lowest BCUT2D eigenvalue weighted by Crippen LogP contribution is -2.04. The third-order valence-corrected chi connectivity index (χ3v) is 3.47. The zero-order valence-electron chi connectivity index (χ0n) is 7.95. The van der Waals surface area contributed by atoms with E-state index in [1.165, 1.54) is 6.07 Å². The lowest BCUT2D eigenvalue weighted by atomic mass is 10.2. The maximum absolute atomic E-state index is 6.08. The van der Waals surface area contributed by atoms with Crippen LogP contribution >= 0.6 is 69.6 Å². The minimum absolute atomic E-state index is 0.212. The van der Waals surface area contributed by atoms with Crippen LogP contribution in [-0.4, -0.2) is 4.98 Å². The molecule has 0 fully saturated rings. The van der Waals surface area contributed by atoms with Gasteiger partial charge in [0.2, 0.25) is 3.79 Å². The van der Waals surface area contributed by atoms with E-state index in [4.69, 9.17) is 69.6 Å². The topological polar surface area (TPSA) is 12.9 Å². The number of halogens is 6. The first-order chi connectivity index (χ1) is 7.79. The first-order valence-electron chi connectivity index (χ1n) is 4.31. The Labute approximate surface area is 128 Å². The molecule has 17 heavy (non-hydrogen) atoms. The normalized spacial score (nSPS) is 12.1. The fourth-order valence-electron chi connectivity index (χ4n) is 1.36. The first-order valence-corrected chi connectivity index (χ1v) is 6.58. The molecule has 7 heteroatoms. The Kier molecular flexibility index (Phi) is 3.90. The van der Waals surface area contributed by atoms with Crippen LogP contribution in [0.3, 0.4) is 0 Å². The van der Waals surface area contributed by atoms with E-state index in [1.54, 1.807) is 12.1 Å². The molecule has 0 bridgehead atoms. The number of pyridine rings is 1. The van der Waals surface area contributed by atoms with Gasteiger partial charge < -0.3 is 0 Å². The minimum Gasteiger partial charge on any atom is -0.247 e. The maximum Gasteiger partial charge on any atom is 0.232 e. The summed E-state index contributed by atoms with van der Waals surface area (Å²) in [5, 5.41) is 1.81. The molecule has 1 aromatic heterocycles. The van der Waals surface area contributed by atoms with Crippen molar-refractivity contribution in [3.8, 4) is 0 Å². The monoisotopic (exact) mass is 347 g/mol. The van der Waals surface area contributed by atoms with Crippen molar-refractivity contribution in [2.24, 2.45) is 0 Å². The average molecular weight is 350 g/mol. The molecule has 1 nitrogen and oxygen atoms in total. The fraction of sp³-hybridized carbons (Fsp3) is 0.100. The SMILES string of the molecule is Clc1cc(Cl)c2nc(C(Cl)(Cl)Cl)cc(Cl)c2c1. The lowest BCUT2D eigenvalue weighted by Gasteiger charge is -2.12. The molecule has 0 atom stereocenters. The van der Waals surface area contributed by atoms with Gasteiger partial charge in [0.05, 0.1) is 21.3 Å². The molecule has 90 valence electrons. The third-order valence-electron chi connectivity index (χ3n) is 2.07. The summed E-state index contributed by atoms with van der Waals surface area (Å²) in [5.41, 5.74) is 0.661. The molecule has 1 heterocycles. The van der Waals surface area contributed by atoms with E-state index >= 15 is 0 Å². The molecule has 0 aliphatic heterocycles. The summed E-state index contributed by atoms with van der Waals surface area (Å²) in [6, 6.07) is 4.68. The zero-order chi connectivity index (χ0) is 12.8. The summed E-state index contributed by atoms with van der Waals surface area (Å²) < 4.78 is -1.65. The van der Waals surface area contributed by atoms with Crippen LogP contribution in [0.4, 0.5) is 0 Å². The fourth-order valence-corrected chi connectivity index (χ4v) is 2.43. The number of benzene rings is 1. The van der Waals surface area contributed by atoms with E-state index in [0.717, 1.165) is 0 Å². The summed E-state index contributed by atoms with van der Waals surface area (Å²) >= 11 is 35.2. The smallest absolute Gasteiger partial charge is 0.232 e. The second-order valence-electron chi connectivity index (χ2n) is 3.27. The Bertz CT molecular complexity index is 589. The number of hydrogen-bond donors (Lipinski definition) is 0. The van der Waals surface area contributed by atoms with Crippen molar-refractivity contribution in [1.82, 2.24) is 4.98 Å². The molecule has 2 aromatic rings. The van der Waals surface area contributed by atoms with Crippen LogP contribution in [0.2, 0.25) is 15.1 Å². The van der Waals surface area contributed by atoms with Gasteiger partial charge in [-0.05, 0) is 18.2 Å². The van der Waals surface area contributed by atoms with E-state index in [-0.39, 0.29) is 5.69 Å². The second-order valence-corrected chi connectivity index (χ2v) is 6.80. The van der Waals surface area contributed by atoms with E-state index in [9.17, 15) is 0 Å². The Morgan fingerprint density at radius 1 is 0.882 bits per heavy atom. The number of fused-ring (bicyclic) bond motifs is 1. The zero-order valence-corrected chi connectivity index (χ0v) is 12.5. The van der Waals surface area contributed by atoms with Gasteiger partial charge in [0, 0.05) is 10.4 Å². The van der Waals surface area contributed by atoms with Gasteiger partial charge in [-0.15, -0.1) is 0 Å². The molecule has 0 aliphatic carbocycles. The average Bonchev–Trinajstić information content (AvgIpc) is 2.17. The second kappa shape index (κ2) is 4.80. The van der Waals surface area contributed by atoms with Crippen LogP contribution in [0.5, 0.6) is 0 Å². The van der Waals surface area contributed by atoms with Gasteiger partial charge in [-0.25, -0.2) is 4.98 Å². The van der Waals surface area contributed by atoms with Crippen LogP contribution in [0, 0.1) is 0 Å². The van der Waals surface area contributed by atoms with Gasteiger partial charge >= 0.3 is 0 Å². The molecule has 2 rings (SSSR count). The summed E-state index contributed by atoms with van der Waals surface area (Å²) in [6.45, 7) is 0. The molecule has 0 unspecified atom stereocenters. The quantitative estimate of drug-likeness (QED) is 0.530. The molecule has 0 spiro atoms. The predicted molar refractivity (Wildman–Crippen MR) is 76.0 cm³/mol. The minimum atomic E-state index is -1.65. The van der Waals surface area contributed by atoms with Crippen LogP contribution in [-0.2, 0) is 3.79 Å². The van der Waals surface area contributed by atoms with E-state index in [1.807, 2.05) is 0 Å². The van der Waals surface area contributed by atoms with Crippen LogP contribution < -0.4 is 0 Å². The van der Waals surface area contributed by atoms with Gasteiger partial charge in [0.15, 0.2) is 0 Å². The van der Waals surface area contributed by atoms with Crippen molar-refractivity contribution >= 4 is 80.5 Å². The predicted octanol–water partition coefficient (Wildman–Crippen LogP) is 6.02. The molecule has 1 aromatic carbocycles. The highest BCUT2D eigenvalue weighted by Crippen LogP contribution is 2.40. The molecule has 0 aliphatic rings. The van der Waals surface area contributed by atoms with Gasteiger partial charge in [0.25, 0.3) is 0 Å². The molecule has 0 radical (unpaired) electrons. The summed E-state index contributed by atoms with van der Waals surface area (Å²) in [4.78, 5) is 4.18. The highest BCUT2D eigenvalue weighted by atomic mass is 35.6. The van der Waals surface area contributed by atoms with Crippen LogP contribution in [0.25, 0.3) is 10.9 Å². The highest BCUT2D eigenvalue weighted by Gasteiger charge is 2.26. The lowest BCUT2D eigenvalue weighted by molar-refractivity contribution is 1.12. The van der Waals surface area contributed by atoms with Crippen LogP contribution in [0.15, 0.2) is 18.2 Å². The Hall–Kier alpha value is 0.370. The third kappa shape index (κ3) is 2.86. The van der Waals surface area contributed by atoms with Gasteiger partial charge in [-0.3, -0.25) is 0 Å². The standard InChI is InChI=1S/C10H3Cl6N/c11-4-1-5-6(12)3-8(10(14,15)16)17-9(5)7(13)2-4/h1-3H. The highest BCUT2D eigenvalue weighted by molar-refractivity contribution is 6.66. The number of hydrogen-bond acceptors (Lipinski definition) is 1. The summed E-state index contributed by atoms with van der Waals surface area (Å²) in [6.07, 6.45) is 0. The van der Waals surface area contributed by atoms with Crippen LogP contribution in [0.1, 0.15) is 5.69 Å². The Balaban J connectivity index is 2.83. The number of aromatic nitrogens is 1. The molecular weight excluding hydrogens is 347 g/mol. The van der Waals surface area contributed by atoms with Crippen molar-refractivity contribution < 1.29 is 0 Å². The first kappa shape index (κ1) is 13.8. The number of nitrogens with zero attached hydrogens (tertiary/aromatic N) is 1. The maximum atomic E-state index is 6.08. The molecule has 0 saturated heterocycles. The van der Waals surface area contributed by atoms with Crippen molar-refractivity contribution in [3.63, 3.8) is 0 Å². The summed E-state index contributed by atoms with van der Waals surface area (Å²) in [5.74, 6) is 0. The van der Waals surface area contributed by atoms with Gasteiger partial charge in [-0.2, -0.15) is 0 Å². The van der Waals surface area contributed by atoms with Gasteiger partial charge in [0.1, 0.15) is 0 Å².